The average Bonchev–Trinajstić information content (AvgIpc) is 2.43. The van der Waals surface area contributed by atoms with E-state index in [9.17, 15) is 9.90 Å². The maximum atomic E-state index is 11.5. The van der Waals surface area contributed by atoms with Gasteiger partial charge in [-0.05, 0) is 24.0 Å². The van der Waals surface area contributed by atoms with E-state index in [1.807, 2.05) is 24.3 Å². The van der Waals surface area contributed by atoms with E-state index < -0.39 is 5.97 Å². The van der Waals surface area contributed by atoms with E-state index in [4.69, 9.17) is 34.8 Å². The SMILES string of the molecule is O=C(O)C1=C(Cl)C(Cl)=C(Cl)C2Cc3ccccc3CC12. The minimum Gasteiger partial charge on any atom is -0.478 e. The standard InChI is InChI=1S/C15H11Cl3O2/c16-12-10-6-8-4-2-1-3-7(8)5-9(10)11(15(19)20)13(17)14(12)18/h1-4,9-10H,5-6H2,(H,19,20). The summed E-state index contributed by atoms with van der Waals surface area (Å²) in [6, 6.07) is 8.00. The summed E-state index contributed by atoms with van der Waals surface area (Å²) in [7, 11) is 0. The summed E-state index contributed by atoms with van der Waals surface area (Å²) in [5, 5.41) is 10.2. The molecule has 0 bridgehead atoms. The predicted molar refractivity (Wildman–Crippen MR) is 80.1 cm³/mol. The molecule has 0 heterocycles. The maximum Gasteiger partial charge on any atom is 0.333 e. The fourth-order valence-electron chi connectivity index (χ4n) is 3.08. The Labute approximate surface area is 131 Å². The lowest BCUT2D eigenvalue weighted by atomic mass is 9.70. The quantitative estimate of drug-likeness (QED) is 0.834. The van der Waals surface area contributed by atoms with Crippen molar-refractivity contribution < 1.29 is 9.90 Å². The number of fused-ring (bicyclic) bond motifs is 2. The summed E-state index contributed by atoms with van der Waals surface area (Å²) in [5.41, 5.74) is 2.53. The van der Waals surface area contributed by atoms with Gasteiger partial charge in [-0.15, -0.1) is 0 Å². The summed E-state index contributed by atoms with van der Waals surface area (Å²) in [6.07, 6.45) is 1.32. The van der Waals surface area contributed by atoms with E-state index in [1.165, 1.54) is 5.56 Å². The molecular formula is C15H11Cl3O2. The van der Waals surface area contributed by atoms with Crippen LogP contribution in [0.2, 0.25) is 0 Å². The molecule has 2 aliphatic carbocycles. The first-order chi connectivity index (χ1) is 9.50. The van der Waals surface area contributed by atoms with Crippen LogP contribution >= 0.6 is 34.8 Å². The fraction of sp³-hybridized carbons (Fsp3) is 0.267. The van der Waals surface area contributed by atoms with Crippen LogP contribution < -0.4 is 0 Å². The second-order valence-electron chi connectivity index (χ2n) is 5.08. The maximum absolute atomic E-state index is 11.5. The lowest BCUT2D eigenvalue weighted by molar-refractivity contribution is -0.133. The zero-order valence-corrected chi connectivity index (χ0v) is 12.6. The molecule has 0 aliphatic heterocycles. The molecule has 3 rings (SSSR count). The first kappa shape index (κ1) is 14.0. The third-order valence-electron chi connectivity index (χ3n) is 4.05. The van der Waals surface area contributed by atoms with Crippen molar-refractivity contribution >= 4 is 40.8 Å². The minimum absolute atomic E-state index is 0.0739. The van der Waals surface area contributed by atoms with Gasteiger partial charge in [0.2, 0.25) is 0 Å². The predicted octanol–water partition coefficient (Wildman–Crippen LogP) is 4.30. The fourth-order valence-corrected chi connectivity index (χ4v) is 4.02. The summed E-state index contributed by atoms with van der Waals surface area (Å²) in [6.45, 7) is 0. The molecule has 2 nitrogen and oxygen atoms in total. The molecule has 5 heteroatoms. The Morgan fingerprint density at radius 2 is 1.55 bits per heavy atom. The van der Waals surface area contributed by atoms with Crippen LogP contribution in [0.3, 0.4) is 0 Å². The summed E-state index contributed by atoms with van der Waals surface area (Å²) in [4.78, 5) is 11.5. The van der Waals surface area contributed by atoms with Gasteiger partial charge >= 0.3 is 5.97 Å². The summed E-state index contributed by atoms with van der Waals surface area (Å²) >= 11 is 18.5. The minimum atomic E-state index is -1.02. The number of rotatable bonds is 1. The molecule has 0 spiro atoms. The van der Waals surface area contributed by atoms with Crippen LogP contribution in [0.5, 0.6) is 0 Å². The van der Waals surface area contributed by atoms with Crippen LogP contribution in [0, 0.1) is 11.8 Å². The summed E-state index contributed by atoms with van der Waals surface area (Å²) in [5.74, 6) is -1.34. The number of carboxylic acid groups (broad SMARTS) is 1. The van der Waals surface area contributed by atoms with Crippen LogP contribution in [-0.4, -0.2) is 11.1 Å². The van der Waals surface area contributed by atoms with Gasteiger partial charge in [-0.3, -0.25) is 0 Å². The van der Waals surface area contributed by atoms with Gasteiger partial charge in [-0.1, -0.05) is 59.1 Å². The molecule has 1 aromatic rings. The first-order valence-electron chi connectivity index (χ1n) is 6.26. The molecule has 104 valence electrons. The molecule has 0 aromatic heterocycles. The Hall–Kier alpha value is -0.960. The van der Waals surface area contributed by atoms with Crippen LogP contribution in [0.25, 0.3) is 0 Å². The molecule has 0 saturated carbocycles. The highest BCUT2D eigenvalue weighted by molar-refractivity contribution is 6.49. The highest BCUT2D eigenvalue weighted by Crippen LogP contribution is 2.48. The number of carboxylic acids is 1. The van der Waals surface area contributed by atoms with Gasteiger partial charge in [-0.2, -0.15) is 0 Å². The van der Waals surface area contributed by atoms with E-state index in [2.05, 4.69) is 0 Å². The first-order valence-corrected chi connectivity index (χ1v) is 7.39. The van der Waals surface area contributed by atoms with E-state index >= 15 is 0 Å². The molecule has 2 atom stereocenters. The van der Waals surface area contributed by atoms with Crippen LogP contribution in [0.4, 0.5) is 0 Å². The largest absolute Gasteiger partial charge is 0.478 e. The molecule has 20 heavy (non-hydrogen) atoms. The topological polar surface area (TPSA) is 37.3 Å². The Bertz CT molecular complexity index is 661. The molecule has 0 fully saturated rings. The van der Waals surface area contributed by atoms with Crippen LogP contribution in [-0.2, 0) is 17.6 Å². The molecule has 1 aromatic carbocycles. The summed E-state index contributed by atoms with van der Waals surface area (Å²) < 4.78 is 0. The Balaban J connectivity index is 2.14. The average molecular weight is 330 g/mol. The van der Waals surface area contributed by atoms with Crippen molar-refractivity contribution in [2.24, 2.45) is 11.8 Å². The zero-order chi connectivity index (χ0) is 14.4. The third-order valence-corrected chi connectivity index (χ3v) is 5.50. The molecule has 2 unspecified atom stereocenters. The van der Waals surface area contributed by atoms with E-state index in [-0.39, 0.29) is 27.5 Å². The second-order valence-corrected chi connectivity index (χ2v) is 6.25. The Morgan fingerprint density at radius 1 is 1.00 bits per heavy atom. The van der Waals surface area contributed by atoms with E-state index in [1.54, 1.807) is 0 Å². The van der Waals surface area contributed by atoms with Crippen molar-refractivity contribution in [3.63, 3.8) is 0 Å². The molecular weight excluding hydrogens is 319 g/mol. The third kappa shape index (κ3) is 2.07. The van der Waals surface area contributed by atoms with Gasteiger partial charge in [0.1, 0.15) is 0 Å². The number of allylic oxidation sites excluding steroid dienone is 3. The number of hydrogen-bond donors (Lipinski definition) is 1. The smallest absolute Gasteiger partial charge is 0.333 e. The highest BCUT2D eigenvalue weighted by atomic mass is 35.5. The van der Waals surface area contributed by atoms with Gasteiger partial charge < -0.3 is 5.11 Å². The molecule has 0 saturated heterocycles. The molecule has 0 amide bonds. The second kappa shape index (κ2) is 5.10. The van der Waals surface area contributed by atoms with Gasteiger partial charge in [0, 0.05) is 16.9 Å². The van der Waals surface area contributed by atoms with Crippen molar-refractivity contribution in [2.45, 2.75) is 12.8 Å². The number of aliphatic carboxylic acids is 1. The van der Waals surface area contributed by atoms with Crippen molar-refractivity contribution in [1.29, 1.82) is 0 Å². The van der Waals surface area contributed by atoms with Gasteiger partial charge in [0.05, 0.1) is 15.6 Å². The monoisotopic (exact) mass is 328 g/mol. The van der Waals surface area contributed by atoms with Gasteiger partial charge in [0.25, 0.3) is 0 Å². The van der Waals surface area contributed by atoms with E-state index in [0.717, 1.165) is 5.56 Å². The van der Waals surface area contributed by atoms with Crippen molar-refractivity contribution in [3.8, 4) is 0 Å². The lowest BCUT2D eigenvalue weighted by Gasteiger charge is -2.36. The number of halogens is 3. The highest BCUT2D eigenvalue weighted by Gasteiger charge is 2.41. The van der Waals surface area contributed by atoms with Crippen molar-refractivity contribution in [1.82, 2.24) is 0 Å². The Morgan fingerprint density at radius 3 is 2.10 bits per heavy atom. The lowest BCUT2D eigenvalue weighted by Crippen LogP contribution is -2.33. The van der Waals surface area contributed by atoms with Gasteiger partial charge in [0.15, 0.2) is 0 Å². The van der Waals surface area contributed by atoms with Gasteiger partial charge in [-0.25, -0.2) is 4.79 Å². The Kier molecular flexibility index (Phi) is 3.57. The number of hydrogen-bond acceptors (Lipinski definition) is 1. The normalized spacial score (nSPS) is 25.4. The zero-order valence-electron chi connectivity index (χ0n) is 10.4. The van der Waals surface area contributed by atoms with Crippen molar-refractivity contribution in [3.05, 3.63) is 56.1 Å². The van der Waals surface area contributed by atoms with Crippen LogP contribution in [0.15, 0.2) is 44.9 Å². The number of carbonyl (C=O) groups is 1. The van der Waals surface area contributed by atoms with Crippen LogP contribution in [0.1, 0.15) is 11.1 Å². The molecule has 2 aliphatic rings. The molecule has 0 radical (unpaired) electrons. The number of benzene rings is 1. The van der Waals surface area contributed by atoms with Crippen molar-refractivity contribution in [2.75, 3.05) is 0 Å². The van der Waals surface area contributed by atoms with E-state index in [0.29, 0.717) is 17.9 Å². The molecule has 1 N–H and O–H groups in total.